The van der Waals surface area contributed by atoms with Crippen LogP contribution in [0.25, 0.3) is 10.9 Å². The Balaban J connectivity index is 1.79. The third-order valence-electron chi connectivity index (χ3n) is 5.46. The minimum absolute atomic E-state index is 0.0400. The van der Waals surface area contributed by atoms with Crippen molar-refractivity contribution in [3.63, 3.8) is 0 Å². The molecule has 1 aromatic carbocycles. The van der Waals surface area contributed by atoms with Crippen LogP contribution in [0.1, 0.15) is 25.3 Å². The molecule has 1 saturated heterocycles. The fourth-order valence-corrected chi connectivity index (χ4v) is 3.97. The number of hydrogen-bond donors (Lipinski definition) is 2. The highest BCUT2D eigenvalue weighted by molar-refractivity contribution is 5.83. The number of nitrogens with one attached hydrogen (secondary N) is 1. The standard InChI is InChI=1S/C22H25N5O2/c1-2-3-11-26-20(25-10-6-7-17(23)15-25)12-21(28)27(22(26)29)14-16-13-24-19-9-5-4-8-18(16)19/h4-5,8-9,12-13,17,24H,6-7,10-11,14-15,23H2,1H3/t17-/m1/s1. The van der Waals surface area contributed by atoms with E-state index in [4.69, 9.17) is 5.73 Å². The van der Waals surface area contributed by atoms with Crippen molar-refractivity contribution < 1.29 is 0 Å². The molecule has 0 amide bonds. The summed E-state index contributed by atoms with van der Waals surface area (Å²) in [6.07, 6.45) is 3.74. The summed E-state index contributed by atoms with van der Waals surface area (Å²) >= 11 is 0. The second-order valence-electron chi connectivity index (χ2n) is 7.43. The van der Waals surface area contributed by atoms with E-state index in [1.165, 1.54) is 4.57 Å². The van der Waals surface area contributed by atoms with Crippen molar-refractivity contribution in [3.05, 3.63) is 62.9 Å². The maximum Gasteiger partial charge on any atom is 0.333 e. The van der Waals surface area contributed by atoms with Crippen LogP contribution in [0, 0.1) is 11.8 Å². The number of aromatic nitrogens is 3. The highest BCUT2D eigenvalue weighted by atomic mass is 16.2. The molecule has 3 heterocycles. The Labute approximate surface area is 168 Å². The number of nitrogens with two attached hydrogens (primary N) is 1. The fourth-order valence-electron chi connectivity index (χ4n) is 3.97. The summed E-state index contributed by atoms with van der Waals surface area (Å²) in [5.41, 5.74) is 7.34. The molecular weight excluding hydrogens is 366 g/mol. The highest BCUT2D eigenvalue weighted by Gasteiger charge is 2.22. The van der Waals surface area contributed by atoms with E-state index in [-0.39, 0.29) is 30.4 Å². The maximum absolute atomic E-state index is 13.3. The normalized spacial score (nSPS) is 16.6. The molecule has 1 fully saturated rings. The van der Waals surface area contributed by atoms with E-state index < -0.39 is 0 Å². The summed E-state index contributed by atoms with van der Waals surface area (Å²) in [7, 11) is 0. The van der Waals surface area contributed by atoms with E-state index in [1.54, 1.807) is 17.6 Å². The summed E-state index contributed by atoms with van der Waals surface area (Å²) in [4.78, 5) is 31.4. The molecule has 0 spiro atoms. The minimum Gasteiger partial charge on any atom is -0.361 e. The average molecular weight is 391 g/mol. The number of H-pyrrole nitrogens is 1. The number of aromatic amines is 1. The van der Waals surface area contributed by atoms with Crippen LogP contribution in [-0.4, -0.2) is 33.2 Å². The molecule has 0 unspecified atom stereocenters. The van der Waals surface area contributed by atoms with E-state index in [0.717, 1.165) is 35.9 Å². The van der Waals surface area contributed by atoms with Gasteiger partial charge in [0.05, 0.1) is 13.1 Å². The van der Waals surface area contributed by atoms with Crippen LogP contribution >= 0.6 is 0 Å². The van der Waals surface area contributed by atoms with Crippen LogP contribution < -0.4 is 21.9 Å². The zero-order valence-corrected chi connectivity index (χ0v) is 16.5. The Bertz CT molecular complexity index is 1210. The van der Waals surface area contributed by atoms with Gasteiger partial charge in [-0.2, -0.15) is 0 Å². The molecule has 3 N–H and O–H groups in total. The molecular formula is C22H25N5O2. The lowest BCUT2D eigenvalue weighted by Gasteiger charge is -2.33. The molecule has 0 aliphatic carbocycles. The monoisotopic (exact) mass is 391 g/mol. The summed E-state index contributed by atoms with van der Waals surface area (Å²) in [5.74, 6) is 6.41. The van der Waals surface area contributed by atoms with Crippen LogP contribution in [0.15, 0.2) is 46.1 Å². The van der Waals surface area contributed by atoms with Gasteiger partial charge in [0.2, 0.25) is 0 Å². The largest absolute Gasteiger partial charge is 0.361 e. The molecule has 2 aromatic heterocycles. The fraction of sp³-hybridized carbons (Fsp3) is 0.364. The van der Waals surface area contributed by atoms with Crippen LogP contribution in [0.3, 0.4) is 0 Å². The zero-order chi connectivity index (χ0) is 20.4. The molecule has 7 heteroatoms. The summed E-state index contributed by atoms with van der Waals surface area (Å²) in [5, 5.41) is 1.00. The molecule has 0 saturated carbocycles. The van der Waals surface area contributed by atoms with Gasteiger partial charge in [0.25, 0.3) is 5.56 Å². The molecule has 0 bridgehead atoms. The topological polar surface area (TPSA) is 89.0 Å². The first-order valence-corrected chi connectivity index (χ1v) is 9.88. The predicted octanol–water partition coefficient (Wildman–Crippen LogP) is 1.49. The van der Waals surface area contributed by atoms with Gasteiger partial charge in [-0.15, -0.1) is 5.92 Å². The van der Waals surface area contributed by atoms with Crippen molar-refractivity contribution in [2.24, 2.45) is 5.73 Å². The van der Waals surface area contributed by atoms with E-state index in [0.29, 0.717) is 12.4 Å². The van der Waals surface area contributed by atoms with Gasteiger partial charge in [-0.3, -0.25) is 13.9 Å². The first kappa shape index (κ1) is 19.1. The van der Waals surface area contributed by atoms with Gasteiger partial charge < -0.3 is 15.6 Å². The second-order valence-corrected chi connectivity index (χ2v) is 7.43. The summed E-state index contributed by atoms with van der Waals surface area (Å²) in [6, 6.07) is 9.43. The zero-order valence-electron chi connectivity index (χ0n) is 16.5. The maximum atomic E-state index is 13.3. The van der Waals surface area contributed by atoms with Gasteiger partial charge in [0.1, 0.15) is 5.82 Å². The number of hydrogen-bond acceptors (Lipinski definition) is 4. The number of fused-ring (bicyclic) bond motifs is 1. The van der Waals surface area contributed by atoms with Gasteiger partial charge in [-0.1, -0.05) is 24.1 Å². The Kier molecular flexibility index (Phi) is 5.28. The third kappa shape index (κ3) is 3.71. The van der Waals surface area contributed by atoms with Gasteiger partial charge in [-0.25, -0.2) is 4.79 Å². The minimum atomic E-state index is -0.348. The van der Waals surface area contributed by atoms with E-state index in [9.17, 15) is 9.59 Å². The van der Waals surface area contributed by atoms with E-state index >= 15 is 0 Å². The SMILES string of the molecule is CC#CCn1c(N2CCC[C@@H](N)C2)cc(=O)n(Cc2c[nH]c3ccccc23)c1=O. The molecule has 7 nitrogen and oxygen atoms in total. The highest BCUT2D eigenvalue weighted by Crippen LogP contribution is 2.19. The van der Waals surface area contributed by atoms with Gasteiger partial charge in [0.15, 0.2) is 0 Å². The molecule has 150 valence electrons. The van der Waals surface area contributed by atoms with Gasteiger partial charge in [0, 0.05) is 42.3 Å². The Morgan fingerprint density at radius 2 is 2.07 bits per heavy atom. The average Bonchev–Trinajstić information content (AvgIpc) is 3.13. The molecule has 4 rings (SSSR count). The molecule has 0 radical (unpaired) electrons. The molecule has 1 atom stereocenters. The molecule has 29 heavy (non-hydrogen) atoms. The molecule has 1 aliphatic heterocycles. The quantitative estimate of drug-likeness (QED) is 0.660. The number of para-hydroxylation sites is 1. The lowest BCUT2D eigenvalue weighted by Crippen LogP contribution is -2.48. The first-order valence-electron chi connectivity index (χ1n) is 9.88. The van der Waals surface area contributed by atoms with Crippen LogP contribution in [0.4, 0.5) is 5.82 Å². The Morgan fingerprint density at radius 1 is 1.24 bits per heavy atom. The van der Waals surface area contributed by atoms with Crippen LogP contribution in [0.5, 0.6) is 0 Å². The van der Waals surface area contributed by atoms with Crippen molar-refractivity contribution in [2.75, 3.05) is 18.0 Å². The van der Waals surface area contributed by atoms with Crippen molar-refractivity contribution in [3.8, 4) is 11.8 Å². The number of piperidine rings is 1. The second kappa shape index (κ2) is 8.02. The van der Waals surface area contributed by atoms with Crippen molar-refractivity contribution in [1.82, 2.24) is 14.1 Å². The Morgan fingerprint density at radius 3 is 2.86 bits per heavy atom. The number of anilines is 1. The lowest BCUT2D eigenvalue weighted by molar-refractivity contribution is 0.491. The number of rotatable bonds is 4. The predicted molar refractivity (Wildman–Crippen MR) is 115 cm³/mol. The number of benzene rings is 1. The van der Waals surface area contributed by atoms with E-state index in [2.05, 4.69) is 16.8 Å². The Hall–Kier alpha value is -3.24. The van der Waals surface area contributed by atoms with Crippen molar-refractivity contribution in [2.45, 2.75) is 38.9 Å². The van der Waals surface area contributed by atoms with Crippen LogP contribution in [0.2, 0.25) is 0 Å². The summed E-state index contributed by atoms with van der Waals surface area (Å²) in [6.45, 7) is 3.60. The first-order chi connectivity index (χ1) is 14.1. The molecule has 3 aromatic rings. The van der Waals surface area contributed by atoms with E-state index in [1.807, 2.05) is 35.4 Å². The van der Waals surface area contributed by atoms with Crippen molar-refractivity contribution in [1.29, 1.82) is 0 Å². The molecule has 1 aliphatic rings. The summed E-state index contributed by atoms with van der Waals surface area (Å²) < 4.78 is 2.87. The van der Waals surface area contributed by atoms with Gasteiger partial charge in [-0.05, 0) is 31.4 Å². The third-order valence-corrected chi connectivity index (χ3v) is 5.46. The lowest BCUT2D eigenvalue weighted by atomic mass is 10.1. The van der Waals surface area contributed by atoms with Crippen molar-refractivity contribution >= 4 is 16.7 Å². The smallest absolute Gasteiger partial charge is 0.333 e. The number of nitrogens with zero attached hydrogens (tertiary/aromatic N) is 3. The van der Waals surface area contributed by atoms with Gasteiger partial charge >= 0.3 is 5.69 Å². The van der Waals surface area contributed by atoms with Crippen LogP contribution in [-0.2, 0) is 13.1 Å².